The lowest BCUT2D eigenvalue weighted by Crippen LogP contribution is -2.45. The maximum absolute atomic E-state index is 11.2. The second kappa shape index (κ2) is 6.93. The standard InChI is InChI=1S/C19H30O2/c1-14(2)17-10-9-15(3)13-19(17,21)12-11-18(20)16-7-5-4-6-8-16/h4-8,14-15,17-18,20-21H,9-13H2,1-3H3/t15-,17+,18+,19+/m1/s1. The lowest BCUT2D eigenvalue weighted by Gasteiger charge is -2.45. The molecule has 0 aliphatic heterocycles. The summed E-state index contributed by atoms with van der Waals surface area (Å²) in [6, 6.07) is 9.78. The van der Waals surface area contributed by atoms with Gasteiger partial charge >= 0.3 is 0 Å². The van der Waals surface area contributed by atoms with E-state index in [1.165, 1.54) is 6.42 Å². The zero-order valence-corrected chi connectivity index (χ0v) is 13.6. The first-order chi connectivity index (χ1) is 9.92. The fourth-order valence-electron chi connectivity index (χ4n) is 4.06. The highest BCUT2D eigenvalue weighted by Gasteiger charge is 2.42. The van der Waals surface area contributed by atoms with E-state index >= 15 is 0 Å². The zero-order valence-electron chi connectivity index (χ0n) is 13.6. The Morgan fingerprint density at radius 1 is 1.19 bits per heavy atom. The number of hydrogen-bond acceptors (Lipinski definition) is 2. The molecule has 2 rings (SSSR count). The highest BCUT2D eigenvalue weighted by Crippen LogP contribution is 2.44. The molecule has 1 fully saturated rings. The minimum atomic E-state index is -0.610. The van der Waals surface area contributed by atoms with Gasteiger partial charge in [-0.05, 0) is 49.0 Å². The van der Waals surface area contributed by atoms with Gasteiger partial charge in [0.25, 0.3) is 0 Å². The van der Waals surface area contributed by atoms with E-state index in [2.05, 4.69) is 20.8 Å². The molecule has 0 saturated heterocycles. The summed E-state index contributed by atoms with van der Waals surface area (Å²) in [5, 5.41) is 21.5. The molecule has 2 nitrogen and oxygen atoms in total. The molecular weight excluding hydrogens is 260 g/mol. The maximum Gasteiger partial charge on any atom is 0.0791 e. The Kier molecular flexibility index (Phi) is 5.45. The molecule has 4 atom stereocenters. The van der Waals surface area contributed by atoms with Crippen molar-refractivity contribution in [1.82, 2.24) is 0 Å². The minimum absolute atomic E-state index is 0.358. The van der Waals surface area contributed by atoms with Crippen molar-refractivity contribution in [3.8, 4) is 0 Å². The van der Waals surface area contributed by atoms with Crippen LogP contribution in [0.15, 0.2) is 30.3 Å². The van der Waals surface area contributed by atoms with E-state index in [0.717, 1.165) is 18.4 Å². The molecule has 0 radical (unpaired) electrons. The van der Waals surface area contributed by atoms with Gasteiger partial charge in [-0.15, -0.1) is 0 Å². The lowest BCUT2D eigenvalue weighted by atomic mass is 9.65. The minimum Gasteiger partial charge on any atom is -0.390 e. The highest BCUT2D eigenvalue weighted by atomic mass is 16.3. The molecule has 0 unspecified atom stereocenters. The molecule has 0 amide bonds. The predicted octanol–water partition coefficient (Wildman–Crippen LogP) is 4.32. The second-order valence-corrected chi connectivity index (χ2v) is 7.31. The molecule has 118 valence electrons. The first kappa shape index (κ1) is 16.5. The molecule has 1 aromatic rings. The first-order valence-corrected chi connectivity index (χ1v) is 8.38. The van der Waals surface area contributed by atoms with Crippen molar-refractivity contribution >= 4 is 0 Å². The van der Waals surface area contributed by atoms with E-state index in [-0.39, 0.29) is 0 Å². The van der Waals surface area contributed by atoms with Gasteiger partial charge in [-0.1, -0.05) is 57.5 Å². The van der Waals surface area contributed by atoms with E-state index in [1.54, 1.807) is 0 Å². The number of rotatable bonds is 5. The van der Waals surface area contributed by atoms with Crippen LogP contribution in [-0.4, -0.2) is 15.8 Å². The first-order valence-electron chi connectivity index (χ1n) is 8.38. The summed E-state index contributed by atoms with van der Waals surface area (Å²) in [5.41, 5.74) is 0.341. The van der Waals surface area contributed by atoms with Crippen LogP contribution in [0.3, 0.4) is 0 Å². The molecule has 1 aromatic carbocycles. The van der Waals surface area contributed by atoms with Gasteiger partial charge in [-0.2, -0.15) is 0 Å². The Bertz CT molecular complexity index is 428. The molecule has 0 bridgehead atoms. The van der Waals surface area contributed by atoms with Gasteiger partial charge in [-0.25, -0.2) is 0 Å². The van der Waals surface area contributed by atoms with Crippen molar-refractivity contribution in [3.05, 3.63) is 35.9 Å². The Balaban J connectivity index is 2.01. The number of aliphatic hydroxyl groups is 2. The Labute approximate surface area is 129 Å². The predicted molar refractivity (Wildman–Crippen MR) is 86.9 cm³/mol. The molecule has 21 heavy (non-hydrogen) atoms. The van der Waals surface area contributed by atoms with Crippen LogP contribution in [0.5, 0.6) is 0 Å². The molecule has 2 heteroatoms. The lowest BCUT2D eigenvalue weighted by molar-refractivity contribution is -0.0921. The van der Waals surface area contributed by atoms with Gasteiger partial charge in [0, 0.05) is 0 Å². The molecule has 0 spiro atoms. The van der Waals surface area contributed by atoms with Crippen LogP contribution in [0, 0.1) is 17.8 Å². The van der Waals surface area contributed by atoms with Crippen LogP contribution in [-0.2, 0) is 0 Å². The summed E-state index contributed by atoms with van der Waals surface area (Å²) < 4.78 is 0. The van der Waals surface area contributed by atoms with E-state index in [9.17, 15) is 10.2 Å². The zero-order chi connectivity index (χ0) is 15.5. The highest BCUT2D eigenvalue weighted by molar-refractivity contribution is 5.17. The summed E-state index contributed by atoms with van der Waals surface area (Å²) in [6.07, 6.45) is 4.05. The van der Waals surface area contributed by atoms with Gasteiger partial charge in [0.1, 0.15) is 0 Å². The summed E-state index contributed by atoms with van der Waals surface area (Å²) in [4.78, 5) is 0. The van der Waals surface area contributed by atoms with Crippen molar-refractivity contribution in [2.75, 3.05) is 0 Å². The van der Waals surface area contributed by atoms with Gasteiger partial charge in [0.05, 0.1) is 11.7 Å². The van der Waals surface area contributed by atoms with E-state index in [4.69, 9.17) is 0 Å². The smallest absolute Gasteiger partial charge is 0.0791 e. The molecule has 2 N–H and O–H groups in total. The normalized spacial score (nSPS) is 31.3. The monoisotopic (exact) mass is 290 g/mol. The largest absolute Gasteiger partial charge is 0.390 e. The Morgan fingerprint density at radius 3 is 2.48 bits per heavy atom. The third-order valence-corrected chi connectivity index (χ3v) is 5.20. The van der Waals surface area contributed by atoms with E-state index in [1.807, 2.05) is 30.3 Å². The van der Waals surface area contributed by atoms with Crippen LogP contribution in [0.1, 0.15) is 64.5 Å². The van der Waals surface area contributed by atoms with Crippen molar-refractivity contribution in [2.24, 2.45) is 17.8 Å². The number of benzene rings is 1. The average molecular weight is 290 g/mol. The quantitative estimate of drug-likeness (QED) is 0.847. The molecule has 1 aliphatic rings. The Hall–Kier alpha value is -0.860. The van der Waals surface area contributed by atoms with Crippen LogP contribution in [0.4, 0.5) is 0 Å². The van der Waals surface area contributed by atoms with Crippen molar-refractivity contribution in [1.29, 1.82) is 0 Å². The van der Waals surface area contributed by atoms with Crippen LogP contribution in [0.25, 0.3) is 0 Å². The fourth-order valence-corrected chi connectivity index (χ4v) is 4.06. The topological polar surface area (TPSA) is 40.5 Å². The van der Waals surface area contributed by atoms with Crippen LogP contribution < -0.4 is 0 Å². The number of aliphatic hydroxyl groups excluding tert-OH is 1. The van der Waals surface area contributed by atoms with Gasteiger partial charge in [0.15, 0.2) is 0 Å². The van der Waals surface area contributed by atoms with E-state index in [0.29, 0.717) is 30.6 Å². The van der Waals surface area contributed by atoms with Crippen molar-refractivity contribution in [3.63, 3.8) is 0 Å². The van der Waals surface area contributed by atoms with Gasteiger partial charge in [0.2, 0.25) is 0 Å². The molecule has 1 aliphatic carbocycles. The Morgan fingerprint density at radius 2 is 1.86 bits per heavy atom. The number of hydrogen-bond donors (Lipinski definition) is 2. The van der Waals surface area contributed by atoms with Crippen molar-refractivity contribution in [2.45, 2.75) is 64.6 Å². The maximum atomic E-state index is 11.2. The molecule has 1 saturated carbocycles. The van der Waals surface area contributed by atoms with Crippen LogP contribution in [0.2, 0.25) is 0 Å². The summed E-state index contributed by atoms with van der Waals surface area (Å²) in [6.45, 7) is 6.65. The molecule has 0 aromatic heterocycles. The van der Waals surface area contributed by atoms with Gasteiger partial charge in [-0.3, -0.25) is 0 Å². The average Bonchev–Trinajstić information content (AvgIpc) is 2.45. The van der Waals surface area contributed by atoms with Gasteiger partial charge < -0.3 is 10.2 Å². The summed E-state index contributed by atoms with van der Waals surface area (Å²) >= 11 is 0. The fraction of sp³-hybridized carbons (Fsp3) is 0.684. The molecule has 0 heterocycles. The summed E-state index contributed by atoms with van der Waals surface area (Å²) in [7, 11) is 0. The SMILES string of the molecule is CC(C)[C@@H]1CC[C@@H](C)C[C@@]1(O)CC[C@H](O)c1ccccc1. The van der Waals surface area contributed by atoms with E-state index < -0.39 is 11.7 Å². The summed E-state index contributed by atoms with van der Waals surface area (Å²) in [5.74, 6) is 1.44. The third-order valence-electron chi connectivity index (χ3n) is 5.20. The van der Waals surface area contributed by atoms with Crippen molar-refractivity contribution < 1.29 is 10.2 Å². The second-order valence-electron chi connectivity index (χ2n) is 7.31. The van der Waals surface area contributed by atoms with Crippen LogP contribution >= 0.6 is 0 Å². The third kappa shape index (κ3) is 4.08. The molecular formula is C19H30O2.